The van der Waals surface area contributed by atoms with E-state index in [1.54, 1.807) is 13.8 Å². The maximum absolute atomic E-state index is 11.6. The highest BCUT2D eigenvalue weighted by Gasteiger charge is 2.23. The van der Waals surface area contributed by atoms with Crippen LogP contribution in [0.5, 0.6) is 0 Å². The Morgan fingerprint density at radius 3 is 2.58 bits per heavy atom. The summed E-state index contributed by atoms with van der Waals surface area (Å²) in [5.41, 5.74) is 0.931. The summed E-state index contributed by atoms with van der Waals surface area (Å²) in [6, 6.07) is 6.15. The van der Waals surface area contributed by atoms with Gasteiger partial charge in [-0.1, -0.05) is 41.9 Å². The Kier molecular flexibility index (Phi) is 5.82. The van der Waals surface area contributed by atoms with Crippen LogP contribution in [-0.4, -0.2) is 23.1 Å². The van der Waals surface area contributed by atoms with E-state index in [1.165, 1.54) is 0 Å². The molecule has 5 nitrogen and oxygen atoms in total. The molecular weight excluding hydrogens is 312 g/mol. The molecule has 1 atom stereocenters. The zero-order valence-corrected chi connectivity index (χ0v) is 12.4. The van der Waals surface area contributed by atoms with Gasteiger partial charge < -0.3 is 15.7 Å². The summed E-state index contributed by atoms with van der Waals surface area (Å²) in [5.74, 6) is -1.21. The molecule has 0 saturated heterocycles. The van der Waals surface area contributed by atoms with Crippen molar-refractivity contribution in [2.75, 3.05) is 0 Å². The van der Waals surface area contributed by atoms with Gasteiger partial charge in [0, 0.05) is 11.0 Å². The fourth-order valence-electron chi connectivity index (χ4n) is 1.54. The van der Waals surface area contributed by atoms with Crippen molar-refractivity contribution < 1.29 is 14.7 Å². The molecule has 0 fully saturated rings. The monoisotopic (exact) mass is 328 g/mol. The molecule has 0 aliphatic carbocycles. The van der Waals surface area contributed by atoms with Crippen LogP contribution in [0.4, 0.5) is 4.79 Å². The number of nitrogens with one attached hydrogen (secondary N) is 2. The molecule has 0 saturated carbocycles. The molecule has 1 aromatic rings. The van der Waals surface area contributed by atoms with Crippen molar-refractivity contribution in [2.24, 2.45) is 5.92 Å². The van der Waals surface area contributed by atoms with E-state index in [9.17, 15) is 9.59 Å². The fraction of sp³-hybridized carbons (Fsp3) is 0.385. The first kappa shape index (κ1) is 15.5. The first-order valence-corrected chi connectivity index (χ1v) is 6.71. The smallest absolute Gasteiger partial charge is 0.326 e. The van der Waals surface area contributed by atoms with Crippen molar-refractivity contribution in [2.45, 2.75) is 26.4 Å². The van der Waals surface area contributed by atoms with Gasteiger partial charge in [0.15, 0.2) is 0 Å². The van der Waals surface area contributed by atoms with Crippen LogP contribution in [0.3, 0.4) is 0 Å². The Morgan fingerprint density at radius 2 is 2.05 bits per heavy atom. The highest BCUT2D eigenvalue weighted by Crippen LogP contribution is 2.11. The second kappa shape index (κ2) is 7.13. The van der Waals surface area contributed by atoms with Crippen LogP contribution in [0.2, 0.25) is 0 Å². The summed E-state index contributed by atoms with van der Waals surface area (Å²) < 4.78 is 0.929. The van der Waals surface area contributed by atoms with Crippen LogP contribution < -0.4 is 10.6 Å². The lowest BCUT2D eigenvalue weighted by Gasteiger charge is -2.18. The Bertz CT molecular complexity index is 463. The lowest BCUT2D eigenvalue weighted by atomic mass is 10.1. The molecule has 19 heavy (non-hydrogen) atoms. The van der Waals surface area contributed by atoms with Gasteiger partial charge in [-0.05, 0) is 23.6 Å². The van der Waals surface area contributed by atoms with Gasteiger partial charge in [0.05, 0.1) is 0 Å². The Morgan fingerprint density at radius 1 is 1.37 bits per heavy atom. The van der Waals surface area contributed by atoms with Crippen LogP contribution in [0.25, 0.3) is 0 Å². The minimum absolute atomic E-state index is 0.172. The largest absolute Gasteiger partial charge is 0.480 e. The van der Waals surface area contributed by atoms with E-state index in [-0.39, 0.29) is 5.92 Å². The molecule has 0 aromatic heterocycles. The molecule has 0 spiro atoms. The van der Waals surface area contributed by atoms with Crippen LogP contribution in [-0.2, 0) is 11.3 Å². The molecule has 1 aromatic carbocycles. The number of carboxylic acid groups (broad SMARTS) is 1. The molecule has 0 radical (unpaired) electrons. The van der Waals surface area contributed by atoms with Crippen molar-refractivity contribution in [3.8, 4) is 0 Å². The first-order valence-electron chi connectivity index (χ1n) is 5.91. The van der Waals surface area contributed by atoms with Crippen LogP contribution in [0, 0.1) is 5.92 Å². The first-order chi connectivity index (χ1) is 8.90. The molecule has 3 N–H and O–H groups in total. The second-order valence-corrected chi connectivity index (χ2v) is 5.43. The number of carbonyl (C=O) groups is 2. The lowest BCUT2D eigenvalue weighted by molar-refractivity contribution is -0.140. The van der Waals surface area contributed by atoms with Gasteiger partial charge in [0.2, 0.25) is 0 Å². The molecule has 0 aliphatic heterocycles. The number of hydrogen-bond acceptors (Lipinski definition) is 2. The predicted molar refractivity (Wildman–Crippen MR) is 75.8 cm³/mol. The highest BCUT2D eigenvalue weighted by atomic mass is 79.9. The molecule has 0 unspecified atom stereocenters. The van der Waals surface area contributed by atoms with Gasteiger partial charge in [-0.15, -0.1) is 0 Å². The second-order valence-electron chi connectivity index (χ2n) is 4.52. The summed E-state index contributed by atoms with van der Waals surface area (Å²) in [6.07, 6.45) is 0. The Hall–Kier alpha value is -1.56. The van der Waals surface area contributed by atoms with Crippen molar-refractivity contribution in [3.63, 3.8) is 0 Å². The van der Waals surface area contributed by atoms with E-state index in [0.29, 0.717) is 6.54 Å². The van der Waals surface area contributed by atoms with Crippen molar-refractivity contribution in [3.05, 3.63) is 34.3 Å². The molecule has 104 valence electrons. The summed E-state index contributed by atoms with van der Waals surface area (Å²) in [4.78, 5) is 22.6. The van der Waals surface area contributed by atoms with Crippen LogP contribution in [0.1, 0.15) is 19.4 Å². The molecule has 0 heterocycles. The third-order valence-electron chi connectivity index (χ3n) is 2.56. The van der Waals surface area contributed by atoms with E-state index < -0.39 is 18.0 Å². The number of rotatable bonds is 5. The number of urea groups is 1. The summed E-state index contributed by atoms with van der Waals surface area (Å²) in [5, 5.41) is 14.0. The van der Waals surface area contributed by atoms with Gasteiger partial charge in [0.25, 0.3) is 0 Å². The van der Waals surface area contributed by atoms with Crippen molar-refractivity contribution in [1.29, 1.82) is 0 Å². The van der Waals surface area contributed by atoms with E-state index >= 15 is 0 Å². The average molecular weight is 329 g/mol. The van der Waals surface area contributed by atoms with Gasteiger partial charge in [-0.3, -0.25) is 0 Å². The highest BCUT2D eigenvalue weighted by molar-refractivity contribution is 9.10. The molecule has 1 rings (SSSR count). The standard InChI is InChI=1S/C13H17BrN2O3/c1-8(2)11(12(17)18)16-13(19)15-7-9-4-3-5-10(14)6-9/h3-6,8,11H,7H2,1-2H3,(H,17,18)(H2,15,16,19)/t11-/m1/s1. The molecule has 0 bridgehead atoms. The van der Waals surface area contributed by atoms with E-state index in [0.717, 1.165) is 10.0 Å². The Balaban J connectivity index is 2.49. The SMILES string of the molecule is CC(C)[C@@H](NC(=O)NCc1cccc(Br)c1)C(=O)O. The normalized spacial score (nSPS) is 12.0. The summed E-state index contributed by atoms with van der Waals surface area (Å²) >= 11 is 3.34. The molecule has 0 aliphatic rings. The van der Waals surface area contributed by atoms with Gasteiger partial charge in [0.1, 0.15) is 6.04 Å². The number of carboxylic acids is 1. The average Bonchev–Trinajstić information content (AvgIpc) is 2.32. The van der Waals surface area contributed by atoms with Gasteiger partial charge in [-0.2, -0.15) is 0 Å². The predicted octanol–water partition coefficient (Wildman–Crippen LogP) is 2.36. The minimum atomic E-state index is -1.03. The summed E-state index contributed by atoms with van der Waals surface area (Å²) in [7, 11) is 0. The van der Waals surface area contributed by atoms with Crippen molar-refractivity contribution in [1.82, 2.24) is 10.6 Å². The Labute approximate surface area is 120 Å². The third kappa shape index (κ3) is 5.30. The number of carbonyl (C=O) groups excluding carboxylic acids is 1. The van der Waals surface area contributed by atoms with E-state index in [4.69, 9.17) is 5.11 Å². The molecule has 2 amide bonds. The number of hydrogen-bond donors (Lipinski definition) is 3. The van der Waals surface area contributed by atoms with E-state index in [1.807, 2.05) is 24.3 Å². The third-order valence-corrected chi connectivity index (χ3v) is 3.05. The molecular formula is C13H17BrN2O3. The number of benzene rings is 1. The summed E-state index contributed by atoms with van der Waals surface area (Å²) in [6.45, 7) is 3.83. The number of amides is 2. The van der Waals surface area contributed by atoms with Crippen LogP contribution >= 0.6 is 15.9 Å². The van der Waals surface area contributed by atoms with Crippen molar-refractivity contribution >= 4 is 27.9 Å². The maximum Gasteiger partial charge on any atom is 0.326 e. The van der Waals surface area contributed by atoms with Gasteiger partial charge >= 0.3 is 12.0 Å². The topological polar surface area (TPSA) is 78.4 Å². The maximum atomic E-state index is 11.6. The minimum Gasteiger partial charge on any atom is -0.480 e. The number of aliphatic carboxylic acids is 1. The quantitative estimate of drug-likeness (QED) is 0.776. The van der Waals surface area contributed by atoms with Gasteiger partial charge in [-0.25, -0.2) is 9.59 Å². The number of halogens is 1. The van der Waals surface area contributed by atoms with E-state index in [2.05, 4.69) is 26.6 Å². The fourth-order valence-corrected chi connectivity index (χ4v) is 1.98. The zero-order valence-electron chi connectivity index (χ0n) is 10.8. The van der Waals surface area contributed by atoms with Crippen LogP contribution in [0.15, 0.2) is 28.7 Å². The molecule has 6 heteroatoms. The zero-order chi connectivity index (χ0) is 14.4. The lowest BCUT2D eigenvalue weighted by Crippen LogP contribution is -2.48.